The van der Waals surface area contributed by atoms with Crippen LogP contribution in [-0.2, 0) is 20.9 Å². The number of esters is 1. The average molecular weight is 320 g/mol. The molecule has 4 nitrogen and oxygen atoms in total. The Labute approximate surface area is 112 Å². The minimum atomic E-state index is -0.719. The SMILES string of the molecule is CCC(C(=O)NCc1cc(Br)cs1)C(=O)OC. The van der Waals surface area contributed by atoms with Gasteiger partial charge in [0.25, 0.3) is 0 Å². The molecule has 1 N–H and O–H groups in total. The van der Waals surface area contributed by atoms with E-state index in [1.807, 2.05) is 11.4 Å². The molecule has 1 heterocycles. The molecule has 1 amide bonds. The summed E-state index contributed by atoms with van der Waals surface area (Å²) >= 11 is 4.89. The van der Waals surface area contributed by atoms with Gasteiger partial charge in [-0.2, -0.15) is 0 Å². The molecule has 6 heteroatoms. The van der Waals surface area contributed by atoms with Crippen LogP contribution in [0.2, 0.25) is 0 Å². The maximum atomic E-state index is 11.7. The highest BCUT2D eigenvalue weighted by molar-refractivity contribution is 9.10. The molecule has 0 aliphatic carbocycles. The Kier molecular flexibility index (Phi) is 5.64. The van der Waals surface area contributed by atoms with Crippen LogP contribution in [0.5, 0.6) is 0 Å². The third-order valence-electron chi connectivity index (χ3n) is 2.27. The van der Waals surface area contributed by atoms with Crippen molar-refractivity contribution < 1.29 is 14.3 Å². The fraction of sp³-hybridized carbons (Fsp3) is 0.455. The van der Waals surface area contributed by atoms with Gasteiger partial charge >= 0.3 is 5.97 Å². The minimum Gasteiger partial charge on any atom is -0.468 e. The van der Waals surface area contributed by atoms with E-state index in [9.17, 15) is 9.59 Å². The summed E-state index contributed by atoms with van der Waals surface area (Å²) in [4.78, 5) is 24.1. The molecule has 17 heavy (non-hydrogen) atoms. The molecule has 0 saturated heterocycles. The summed E-state index contributed by atoms with van der Waals surface area (Å²) in [5, 5.41) is 4.67. The lowest BCUT2D eigenvalue weighted by atomic mass is 10.1. The maximum Gasteiger partial charge on any atom is 0.318 e. The number of methoxy groups -OCH3 is 1. The summed E-state index contributed by atoms with van der Waals surface area (Å²) in [7, 11) is 1.29. The smallest absolute Gasteiger partial charge is 0.318 e. The number of carbonyl (C=O) groups excluding carboxylic acids is 2. The van der Waals surface area contributed by atoms with Crippen molar-refractivity contribution in [3.8, 4) is 0 Å². The van der Waals surface area contributed by atoms with Crippen LogP contribution >= 0.6 is 27.3 Å². The monoisotopic (exact) mass is 319 g/mol. The second-order valence-electron chi connectivity index (χ2n) is 3.43. The van der Waals surface area contributed by atoms with Crippen molar-refractivity contribution in [3.63, 3.8) is 0 Å². The molecule has 0 aliphatic heterocycles. The van der Waals surface area contributed by atoms with Crippen molar-refractivity contribution in [3.05, 3.63) is 20.8 Å². The zero-order chi connectivity index (χ0) is 12.8. The lowest BCUT2D eigenvalue weighted by molar-refractivity contribution is -0.150. The maximum absolute atomic E-state index is 11.7. The molecule has 0 aromatic carbocycles. The molecular formula is C11H14BrNO3S. The highest BCUT2D eigenvalue weighted by atomic mass is 79.9. The summed E-state index contributed by atoms with van der Waals surface area (Å²) in [5.74, 6) is -1.50. The van der Waals surface area contributed by atoms with E-state index in [4.69, 9.17) is 0 Å². The molecule has 0 radical (unpaired) electrons. The van der Waals surface area contributed by atoms with Crippen LogP contribution in [0.15, 0.2) is 15.9 Å². The number of rotatable bonds is 5. The standard InChI is InChI=1S/C11H14BrNO3S/c1-3-9(11(15)16-2)10(14)13-5-8-4-7(12)6-17-8/h4,6,9H,3,5H2,1-2H3,(H,13,14). The second kappa shape index (κ2) is 6.76. The summed E-state index contributed by atoms with van der Waals surface area (Å²) in [6.45, 7) is 2.21. The topological polar surface area (TPSA) is 55.4 Å². The number of ether oxygens (including phenoxy) is 1. The Morgan fingerprint density at radius 1 is 1.59 bits per heavy atom. The predicted molar refractivity (Wildman–Crippen MR) is 69.7 cm³/mol. The molecule has 1 aromatic rings. The first-order valence-corrected chi connectivity index (χ1v) is 6.84. The molecule has 1 rings (SSSR count). The molecule has 0 spiro atoms. The number of thiophene rings is 1. The van der Waals surface area contributed by atoms with Crippen molar-refractivity contribution in [1.82, 2.24) is 5.32 Å². The average Bonchev–Trinajstić information content (AvgIpc) is 2.73. The van der Waals surface area contributed by atoms with Crippen molar-refractivity contribution in [2.75, 3.05) is 7.11 Å². The highest BCUT2D eigenvalue weighted by Gasteiger charge is 2.25. The van der Waals surface area contributed by atoms with Crippen LogP contribution in [0, 0.1) is 5.92 Å². The van der Waals surface area contributed by atoms with E-state index >= 15 is 0 Å². The van der Waals surface area contributed by atoms with Gasteiger partial charge in [0.2, 0.25) is 5.91 Å². The van der Waals surface area contributed by atoms with Gasteiger partial charge in [0, 0.05) is 14.7 Å². The van der Waals surface area contributed by atoms with Crippen LogP contribution in [-0.4, -0.2) is 19.0 Å². The van der Waals surface area contributed by atoms with Crippen molar-refractivity contribution in [2.45, 2.75) is 19.9 Å². The Hall–Kier alpha value is -0.880. The largest absolute Gasteiger partial charge is 0.468 e. The Morgan fingerprint density at radius 3 is 2.76 bits per heavy atom. The molecule has 0 fully saturated rings. The summed E-state index contributed by atoms with van der Waals surface area (Å²) < 4.78 is 5.57. The minimum absolute atomic E-state index is 0.288. The van der Waals surface area contributed by atoms with Gasteiger partial charge in [-0.15, -0.1) is 11.3 Å². The zero-order valence-corrected chi connectivity index (χ0v) is 12.1. The van der Waals surface area contributed by atoms with Crippen LogP contribution in [0.3, 0.4) is 0 Å². The van der Waals surface area contributed by atoms with Crippen LogP contribution < -0.4 is 5.32 Å². The Morgan fingerprint density at radius 2 is 2.29 bits per heavy atom. The Bertz CT molecular complexity index is 405. The summed E-state index contributed by atoms with van der Waals surface area (Å²) in [6, 6.07) is 1.93. The third-order valence-corrected chi connectivity index (χ3v) is 3.97. The van der Waals surface area contributed by atoms with Gasteiger partial charge < -0.3 is 10.1 Å². The summed E-state index contributed by atoms with van der Waals surface area (Å²) in [5.41, 5.74) is 0. The molecule has 1 atom stereocenters. The predicted octanol–water partition coefficient (Wildman–Crippen LogP) is 2.33. The van der Waals surface area contributed by atoms with Crippen LogP contribution in [0.25, 0.3) is 0 Å². The quantitative estimate of drug-likeness (QED) is 0.669. The zero-order valence-electron chi connectivity index (χ0n) is 9.66. The van der Waals surface area contributed by atoms with Crippen molar-refractivity contribution >= 4 is 39.1 Å². The highest BCUT2D eigenvalue weighted by Crippen LogP contribution is 2.19. The van der Waals surface area contributed by atoms with E-state index < -0.39 is 11.9 Å². The first-order chi connectivity index (χ1) is 8.08. The van der Waals surface area contributed by atoms with Gasteiger partial charge in [0.15, 0.2) is 0 Å². The molecule has 0 aliphatic rings. The molecular weight excluding hydrogens is 306 g/mol. The molecule has 1 aromatic heterocycles. The second-order valence-corrected chi connectivity index (χ2v) is 5.34. The molecule has 1 unspecified atom stereocenters. The van der Waals surface area contributed by atoms with Crippen molar-refractivity contribution in [1.29, 1.82) is 0 Å². The van der Waals surface area contributed by atoms with E-state index in [0.29, 0.717) is 13.0 Å². The van der Waals surface area contributed by atoms with Gasteiger partial charge in [-0.05, 0) is 28.4 Å². The normalized spacial score (nSPS) is 11.9. The fourth-order valence-electron chi connectivity index (χ4n) is 1.35. The number of amides is 1. The number of hydrogen-bond acceptors (Lipinski definition) is 4. The first-order valence-electron chi connectivity index (χ1n) is 5.17. The van der Waals surface area contributed by atoms with Gasteiger partial charge in [-0.25, -0.2) is 0 Å². The van der Waals surface area contributed by atoms with E-state index in [-0.39, 0.29) is 5.91 Å². The van der Waals surface area contributed by atoms with Crippen molar-refractivity contribution in [2.24, 2.45) is 5.92 Å². The first kappa shape index (κ1) is 14.2. The van der Waals surface area contributed by atoms with Gasteiger partial charge in [-0.3, -0.25) is 9.59 Å². The van der Waals surface area contributed by atoms with Gasteiger partial charge in [-0.1, -0.05) is 6.92 Å². The number of hydrogen-bond donors (Lipinski definition) is 1. The van der Waals surface area contributed by atoms with Crippen LogP contribution in [0.1, 0.15) is 18.2 Å². The summed E-state index contributed by atoms with van der Waals surface area (Å²) in [6.07, 6.45) is 0.437. The van der Waals surface area contributed by atoms with Crippen LogP contribution in [0.4, 0.5) is 0 Å². The van der Waals surface area contributed by atoms with Gasteiger partial charge in [0.1, 0.15) is 5.92 Å². The van der Waals surface area contributed by atoms with E-state index in [2.05, 4.69) is 26.0 Å². The molecule has 0 saturated carbocycles. The van der Waals surface area contributed by atoms with E-state index in [1.165, 1.54) is 7.11 Å². The van der Waals surface area contributed by atoms with Gasteiger partial charge in [0.05, 0.1) is 13.7 Å². The lowest BCUT2D eigenvalue weighted by Crippen LogP contribution is -2.35. The number of halogens is 1. The fourth-order valence-corrected chi connectivity index (χ4v) is 2.74. The number of carbonyl (C=O) groups is 2. The van der Waals surface area contributed by atoms with E-state index in [0.717, 1.165) is 9.35 Å². The third kappa shape index (κ3) is 4.12. The Balaban J connectivity index is 2.50. The molecule has 0 bridgehead atoms. The number of nitrogens with one attached hydrogen (secondary N) is 1. The van der Waals surface area contributed by atoms with E-state index in [1.54, 1.807) is 18.3 Å². The molecule has 94 valence electrons. The lowest BCUT2D eigenvalue weighted by Gasteiger charge is -2.11.